The molecule has 3 aromatic rings. The number of hydrogen-bond acceptors (Lipinski definition) is 4. The van der Waals surface area contributed by atoms with Crippen molar-refractivity contribution in [2.45, 2.75) is 6.92 Å². The monoisotopic (exact) mass is 214 g/mol. The van der Waals surface area contributed by atoms with Crippen molar-refractivity contribution in [2.24, 2.45) is 0 Å². The highest BCUT2D eigenvalue weighted by Crippen LogP contribution is 2.30. The molecule has 0 aliphatic heterocycles. The molecule has 16 heavy (non-hydrogen) atoms. The number of nitrogens with two attached hydrogens (primary N) is 1. The summed E-state index contributed by atoms with van der Waals surface area (Å²) in [7, 11) is 0. The zero-order chi connectivity index (χ0) is 11.1. The molecule has 0 aliphatic rings. The first-order valence-corrected chi connectivity index (χ1v) is 4.94. The summed E-state index contributed by atoms with van der Waals surface area (Å²) in [6.45, 7) is 2.01. The number of nitrogen functional groups attached to an aromatic ring is 1. The third kappa shape index (κ3) is 1.20. The lowest BCUT2D eigenvalue weighted by atomic mass is 10.1. The quantitative estimate of drug-likeness (QED) is 0.676. The lowest BCUT2D eigenvalue weighted by molar-refractivity contribution is 0.436. The van der Waals surface area contributed by atoms with E-state index in [0.29, 0.717) is 5.88 Å². The third-order valence-electron chi connectivity index (χ3n) is 2.68. The summed E-state index contributed by atoms with van der Waals surface area (Å²) in [5.74, 6) is 0.334. The maximum Gasteiger partial charge on any atom is 0.229 e. The summed E-state index contributed by atoms with van der Waals surface area (Å²) in [5, 5.41) is 4.75. The van der Waals surface area contributed by atoms with E-state index in [-0.39, 0.29) is 0 Å². The van der Waals surface area contributed by atoms with Gasteiger partial charge in [-0.2, -0.15) is 0 Å². The van der Waals surface area contributed by atoms with Crippen LogP contribution in [0.15, 0.2) is 39.6 Å². The summed E-state index contributed by atoms with van der Waals surface area (Å²) in [5.41, 5.74) is 9.44. The molecule has 0 bridgehead atoms. The number of fused-ring (bicyclic) bond motifs is 1. The average Bonchev–Trinajstić information content (AvgIpc) is 2.86. The van der Waals surface area contributed by atoms with Crippen molar-refractivity contribution in [3.05, 3.63) is 36.2 Å². The zero-order valence-electron chi connectivity index (χ0n) is 8.73. The molecule has 2 N–H and O–H groups in total. The molecule has 2 heterocycles. The summed E-state index contributed by atoms with van der Waals surface area (Å²) in [6, 6.07) is 5.88. The number of hydrogen-bond donors (Lipinski definition) is 1. The second-order valence-electron chi connectivity index (χ2n) is 3.73. The van der Waals surface area contributed by atoms with Gasteiger partial charge in [0.15, 0.2) is 0 Å². The highest BCUT2D eigenvalue weighted by molar-refractivity contribution is 5.87. The predicted octanol–water partition coefficient (Wildman–Crippen LogP) is 2.98. The van der Waals surface area contributed by atoms with Crippen molar-refractivity contribution in [2.75, 3.05) is 5.73 Å². The maximum atomic E-state index is 5.68. The van der Waals surface area contributed by atoms with Crippen molar-refractivity contribution >= 4 is 16.9 Å². The second kappa shape index (κ2) is 3.13. The number of aromatic nitrogens is 1. The van der Waals surface area contributed by atoms with Crippen LogP contribution in [0.3, 0.4) is 0 Å². The smallest absolute Gasteiger partial charge is 0.229 e. The molecule has 1 aromatic carbocycles. The van der Waals surface area contributed by atoms with Gasteiger partial charge in [0, 0.05) is 5.39 Å². The van der Waals surface area contributed by atoms with Crippen LogP contribution in [0.1, 0.15) is 5.56 Å². The van der Waals surface area contributed by atoms with E-state index in [1.807, 2.05) is 25.1 Å². The highest BCUT2D eigenvalue weighted by atomic mass is 16.5. The number of anilines is 1. The molecule has 4 heteroatoms. The van der Waals surface area contributed by atoms with Crippen molar-refractivity contribution in [1.29, 1.82) is 0 Å². The SMILES string of the molecule is Cc1coc2ccc(-c3cnoc3N)cc12. The minimum absolute atomic E-state index is 0.334. The van der Waals surface area contributed by atoms with Gasteiger partial charge in [-0.15, -0.1) is 0 Å². The Labute approximate surface area is 91.6 Å². The number of rotatable bonds is 1. The Hall–Kier alpha value is -2.23. The fourth-order valence-corrected chi connectivity index (χ4v) is 1.79. The summed E-state index contributed by atoms with van der Waals surface area (Å²) in [4.78, 5) is 0. The molecule has 2 aromatic heterocycles. The first-order valence-electron chi connectivity index (χ1n) is 4.94. The van der Waals surface area contributed by atoms with Gasteiger partial charge in [0.2, 0.25) is 5.88 Å². The molecule has 0 aliphatic carbocycles. The molecule has 0 saturated carbocycles. The van der Waals surface area contributed by atoms with Crippen molar-refractivity contribution in [3.8, 4) is 11.1 Å². The normalized spacial score (nSPS) is 11.1. The Kier molecular flexibility index (Phi) is 1.77. The lowest BCUT2D eigenvalue weighted by Crippen LogP contribution is -1.84. The first kappa shape index (κ1) is 9.03. The van der Waals surface area contributed by atoms with Crippen LogP contribution in [0.2, 0.25) is 0 Å². The van der Waals surface area contributed by atoms with Crippen molar-refractivity contribution in [3.63, 3.8) is 0 Å². The topological polar surface area (TPSA) is 65.2 Å². The van der Waals surface area contributed by atoms with Gasteiger partial charge in [-0.1, -0.05) is 11.2 Å². The Balaban J connectivity index is 2.25. The lowest BCUT2D eigenvalue weighted by Gasteiger charge is -1.98. The van der Waals surface area contributed by atoms with Crippen LogP contribution in [0.25, 0.3) is 22.1 Å². The van der Waals surface area contributed by atoms with Gasteiger partial charge in [-0.25, -0.2) is 0 Å². The van der Waals surface area contributed by atoms with E-state index < -0.39 is 0 Å². The largest absolute Gasteiger partial charge is 0.464 e. The van der Waals surface area contributed by atoms with Gasteiger partial charge in [-0.3, -0.25) is 0 Å². The van der Waals surface area contributed by atoms with Crippen molar-refractivity contribution in [1.82, 2.24) is 5.16 Å². The van der Waals surface area contributed by atoms with E-state index in [4.69, 9.17) is 14.7 Å². The Bertz CT molecular complexity index is 652. The molecule has 4 nitrogen and oxygen atoms in total. The summed E-state index contributed by atoms with van der Waals surface area (Å²) < 4.78 is 10.2. The third-order valence-corrected chi connectivity index (χ3v) is 2.68. The zero-order valence-corrected chi connectivity index (χ0v) is 8.73. The van der Waals surface area contributed by atoms with Crippen LogP contribution < -0.4 is 5.73 Å². The van der Waals surface area contributed by atoms with Gasteiger partial charge in [0.25, 0.3) is 0 Å². The van der Waals surface area contributed by atoms with Crippen LogP contribution in [-0.2, 0) is 0 Å². The van der Waals surface area contributed by atoms with Crippen LogP contribution >= 0.6 is 0 Å². The van der Waals surface area contributed by atoms with E-state index in [1.165, 1.54) is 0 Å². The molecule has 0 unspecified atom stereocenters. The van der Waals surface area contributed by atoms with Gasteiger partial charge in [-0.05, 0) is 30.2 Å². The number of furan rings is 1. The molecule has 0 saturated heterocycles. The average molecular weight is 214 g/mol. The molecule has 80 valence electrons. The molecular weight excluding hydrogens is 204 g/mol. The van der Waals surface area contributed by atoms with Crippen LogP contribution in [-0.4, -0.2) is 5.16 Å². The molecule has 0 radical (unpaired) electrons. The molecule has 0 atom stereocenters. The van der Waals surface area contributed by atoms with Gasteiger partial charge in [0.1, 0.15) is 5.58 Å². The number of benzene rings is 1. The standard InChI is InChI=1S/C12H10N2O2/c1-7-6-15-11-3-2-8(4-9(7)11)10-5-14-16-12(10)13/h2-6H,13H2,1H3. The van der Waals surface area contributed by atoms with Crippen LogP contribution in [0.5, 0.6) is 0 Å². The fraction of sp³-hybridized carbons (Fsp3) is 0.0833. The predicted molar refractivity (Wildman–Crippen MR) is 60.9 cm³/mol. The Morgan fingerprint density at radius 2 is 2.19 bits per heavy atom. The van der Waals surface area contributed by atoms with Crippen LogP contribution in [0, 0.1) is 6.92 Å². The van der Waals surface area contributed by atoms with E-state index in [9.17, 15) is 0 Å². The maximum absolute atomic E-state index is 5.68. The Morgan fingerprint density at radius 3 is 2.94 bits per heavy atom. The number of nitrogens with zero attached hydrogens (tertiary/aromatic N) is 1. The van der Waals surface area contributed by atoms with E-state index in [1.54, 1.807) is 12.5 Å². The minimum atomic E-state index is 0.334. The van der Waals surface area contributed by atoms with E-state index in [2.05, 4.69) is 5.16 Å². The molecule has 3 rings (SSSR count). The molecule has 0 amide bonds. The van der Waals surface area contributed by atoms with E-state index in [0.717, 1.165) is 27.7 Å². The Morgan fingerprint density at radius 1 is 1.31 bits per heavy atom. The van der Waals surface area contributed by atoms with Gasteiger partial charge in [0.05, 0.1) is 18.0 Å². The molecule has 0 fully saturated rings. The number of aryl methyl sites for hydroxylation is 1. The first-order chi connectivity index (χ1) is 7.75. The molecule has 0 spiro atoms. The van der Waals surface area contributed by atoms with Gasteiger partial charge < -0.3 is 14.7 Å². The minimum Gasteiger partial charge on any atom is -0.464 e. The fourth-order valence-electron chi connectivity index (χ4n) is 1.79. The second-order valence-corrected chi connectivity index (χ2v) is 3.73. The van der Waals surface area contributed by atoms with Gasteiger partial charge >= 0.3 is 0 Å². The summed E-state index contributed by atoms with van der Waals surface area (Å²) >= 11 is 0. The van der Waals surface area contributed by atoms with Crippen LogP contribution in [0.4, 0.5) is 5.88 Å². The van der Waals surface area contributed by atoms with Crippen molar-refractivity contribution < 1.29 is 8.94 Å². The summed E-state index contributed by atoms with van der Waals surface area (Å²) in [6.07, 6.45) is 3.36. The molecular formula is C12H10N2O2. The van der Waals surface area contributed by atoms with E-state index >= 15 is 0 Å². The highest BCUT2D eigenvalue weighted by Gasteiger charge is 2.09.